The first-order valence-electron chi connectivity index (χ1n) is 19.0. The normalized spacial score (nSPS) is 11.4. The Morgan fingerprint density at radius 2 is 0.964 bits per heavy atom. The van der Waals surface area contributed by atoms with Gasteiger partial charge < -0.3 is 0 Å². The van der Waals surface area contributed by atoms with Crippen molar-refractivity contribution in [2.45, 2.75) is 13.3 Å². The van der Waals surface area contributed by atoms with E-state index in [1.807, 2.05) is 0 Å². The van der Waals surface area contributed by atoms with E-state index in [9.17, 15) is 0 Å². The van der Waals surface area contributed by atoms with Crippen LogP contribution in [0.4, 0.5) is 0 Å². The van der Waals surface area contributed by atoms with E-state index in [1.165, 1.54) is 38.2 Å². The average Bonchev–Trinajstić information content (AvgIpc) is 3.65. The Labute approximate surface area is 320 Å². The summed E-state index contributed by atoms with van der Waals surface area (Å²) in [6.07, 6.45) is 0.804. The molecule has 0 aliphatic carbocycles. The number of hydrogen-bond donors (Lipinski definition) is 0. The Balaban J connectivity index is 1.23. The van der Waals surface area contributed by atoms with Crippen LogP contribution in [-0.2, 0) is 6.42 Å². The van der Waals surface area contributed by atoms with E-state index in [0.717, 1.165) is 68.2 Å². The number of aryl methyl sites for hydroxylation is 1. The molecule has 55 heavy (non-hydrogen) atoms. The maximum atomic E-state index is 5.41. The van der Waals surface area contributed by atoms with Crippen LogP contribution in [0.25, 0.3) is 94.2 Å². The van der Waals surface area contributed by atoms with E-state index in [2.05, 4.69) is 206 Å². The Morgan fingerprint density at radius 3 is 1.71 bits per heavy atom. The molecule has 0 saturated heterocycles. The lowest BCUT2D eigenvalue weighted by atomic mass is 9.91. The molecule has 2 aromatic heterocycles. The zero-order valence-corrected chi connectivity index (χ0v) is 30.5. The summed E-state index contributed by atoms with van der Waals surface area (Å²) in [5.74, 6) is 1.03. The third-order valence-electron chi connectivity index (χ3n) is 10.7. The van der Waals surface area contributed by atoms with E-state index >= 15 is 0 Å². The minimum Gasteiger partial charge on any atom is -0.296 e. The second kappa shape index (κ2) is 13.7. The topological polar surface area (TPSA) is 30.7 Å². The molecule has 3 heteroatoms. The highest BCUT2D eigenvalue weighted by Gasteiger charge is 2.18. The van der Waals surface area contributed by atoms with Crippen molar-refractivity contribution in [2.75, 3.05) is 0 Å². The van der Waals surface area contributed by atoms with Crippen LogP contribution in [0.15, 0.2) is 194 Å². The quantitative estimate of drug-likeness (QED) is 0.155. The molecule has 0 amide bonds. The lowest BCUT2D eigenvalue weighted by Crippen LogP contribution is -2.02. The molecule has 0 radical (unpaired) electrons. The fourth-order valence-electron chi connectivity index (χ4n) is 8.03. The van der Waals surface area contributed by atoms with Crippen molar-refractivity contribution in [3.63, 3.8) is 0 Å². The van der Waals surface area contributed by atoms with Gasteiger partial charge in [-0.25, -0.2) is 9.97 Å². The maximum Gasteiger partial charge on any atom is 0.114 e. The van der Waals surface area contributed by atoms with Gasteiger partial charge in [0.15, 0.2) is 0 Å². The van der Waals surface area contributed by atoms with Crippen LogP contribution in [0.2, 0.25) is 0 Å². The molecule has 0 fully saturated rings. The van der Waals surface area contributed by atoms with Crippen LogP contribution < -0.4 is 0 Å². The number of fused-ring (bicyclic) bond motifs is 4. The number of imidazole rings is 1. The molecule has 8 aromatic carbocycles. The van der Waals surface area contributed by atoms with E-state index < -0.39 is 0 Å². The Morgan fingerprint density at radius 1 is 0.400 bits per heavy atom. The minimum absolute atomic E-state index is 0.804. The van der Waals surface area contributed by atoms with Crippen LogP contribution in [-0.4, -0.2) is 14.5 Å². The Hall–Kier alpha value is -7.10. The molecule has 0 aliphatic heterocycles. The third-order valence-corrected chi connectivity index (χ3v) is 10.7. The molecule has 0 atom stereocenters. The molecule has 0 unspecified atom stereocenters. The Kier molecular flexibility index (Phi) is 8.11. The van der Waals surface area contributed by atoms with Gasteiger partial charge in [0.2, 0.25) is 0 Å². The fraction of sp³-hybridized carbons (Fsp3) is 0.0385. The first kappa shape index (κ1) is 32.5. The molecule has 0 bridgehead atoms. The zero-order valence-electron chi connectivity index (χ0n) is 30.5. The molecule has 10 rings (SSSR count). The largest absolute Gasteiger partial charge is 0.296 e. The lowest BCUT2D eigenvalue weighted by molar-refractivity contribution is 0.908. The van der Waals surface area contributed by atoms with Gasteiger partial charge in [-0.05, 0) is 103 Å². The van der Waals surface area contributed by atoms with Gasteiger partial charge in [0.1, 0.15) is 5.82 Å². The number of pyridine rings is 1. The molecule has 3 nitrogen and oxygen atoms in total. The zero-order chi connectivity index (χ0) is 36.7. The summed E-state index contributed by atoms with van der Waals surface area (Å²) in [6.45, 7) is 2.18. The number of rotatable bonds is 7. The van der Waals surface area contributed by atoms with Crippen LogP contribution in [0, 0.1) is 0 Å². The van der Waals surface area contributed by atoms with Gasteiger partial charge in [-0.3, -0.25) is 4.57 Å². The number of benzene rings is 8. The SMILES string of the molecule is CCc1nc2ccccc2n1-c1cc(-c2cc(-c3ccc(-c4ccccc4)cc3)cc(-c3ccccc3)n2)cc(-c2cc3ccccc3c3ccccc23)c1. The van der Waals surface area contributed by atoms with Gasteiger partial charge in [0.05, 0.1) is 22.4 Å². The highest BCUT2D eigenvalue weighted by atomic mass is 15.1. The summed E-state index contributed by atoms with van der Waals surface area (Å²) in [4.78, 5) is 10.5. The summed E-state index contributed by atoms with van der Waals surface area (Å²) >= 11 is 0. The smallest absolute Gasteiger partial charge is 0.114 e. The van der Waals surface area contributed by atoms with E-state index in [4.69, 9.17) is 9.97 Å². The first-order chi connectivity index (χ1) is 27.2. The van der Waals surface area contributed by atoms with E-state index in [0.29, 0.717) is 0 Å². The number of hydrogen-bond acceptors (Lipinski definition) is 2. The molecule has 0 saturated carbocycles. The van der Waals surface area contributed by atoms with Crippen LogP contribution >= 0.6 is 0 Å². The second-order valence-electron chi connectivity index (χ2n) is 14.1. The monoisotopic (exact) mass is 703 g/mol. The number of nitrogens with zero attached hydrogens (tertiary/aromatic N) is 3. The van der Waals surface area contributed by atoms with Crippen LogP contribution in [0.3, 0.4) is 0 Å². The summed E-state index contributed by atoms with van der Waals surface area (Å²) in [7, 11) is 0. The van der Waals surface area contributed by atoms with E-state index in [-0.39, 0.29) is 0 Å². The van der Waals surface area contributed by atoms with Crippen molar-refractivity contribution >= 4 is 32.6 Å². The van der Waals surface area contributed by atoms with E-state index in [1.54, 1.807) is 0 Å². The molecular formula is C52H37N3. The summed E-state index contributed by atoms with van der Waals surface area (Å²) in [5, 5.41) is 4.94. The van der Waals surface area contributed by atoms with Gasteiger partial charge in [0.25, 0.3) is 0 Å². The van der Waals surface area contributed by atoms with Gasteiger partial charge >= 0.3 is 0 Å². The minimum atomic E-state index is 0.804. The molecule has 0 spiro atoms. The lowest BCUT2D eigenvalue weighted by Gasteiger charge is -2.17. The maximum absolute atomic E-state index is 5.41. The summed E-state index contributed by atoms with van der Waals surface area (Å²) in [6, 6.07) is 69.6. The molecule has 0 N–H and O–H groups in total. The van der Waals surface area contributed by atoms with Gasteiger partial charge in [-0.1, -0.05) is 153 Å². The average molecular weight is 704 g/mol. The van der Waals surface area contributed by atoms with Gasteiger partial charge in [-0.2, -0.15) is 0 Å². The molecule has 10 aromatic rings. The summed E-state index contributed by atoms with van der Waals surface area (Å²) < 4.78 is 2.33. The predicted molar refractivity (Wildman–Crippen MR) is 230 cm³/mol. The molecule has 260 valence electrons. The standard InChI is InChI=1S/C52H37N3/c1-2-52-54-48-23-13-14-24-51(48)55(52)43-30-41(47-32-39-19-9-10-20-44(39)45-21-11-12-22-46(45)47)29-42(31-43)50-34-40(33-49(53-50)38-17-7-4-8-18-38)37-27-25-36(26-28-37)35-15-5-3-6-16-35/h3-34H,2H2,1H3. The van der Waals surface area contributed by atoms with Crippen molar-refractivity contribution < 1.29 is 0 Å². The fourth-order valence-corrected chi connectivity index (χ4v) is 8.03. The van der Waals surface area contributed by atoms with Crippen molar-refractivity contribution in [2.24, 2.45) is 0 Å². The Bertz CT molecular complexity index is 3000. The second-order valence-corrected chi connectivity index (χ2v) is 14.1. The van der Waals surface area contributed by atoms with Crippen LogP contribution in [0.1, 0.15) is 12.7 Å². The van der Waals surface area contributed by atoms with Gasteiger partial charge in [0, 0.05) is 23.2 Å². The predicted octanol–water partition coefficient (Wildman–Crippen LogP) is 13.6. The molecule has 0 aliphatic rings. The first-order valence-corrected chi connectivity index (χ1v) is 19.0. The van der Waals surface area contributed by atoms with Crippen molar-refractivity contribution in [1.82, 2.24) is 14.5 Å². The number of aromatic nitrogens is 3. The van der Waals surface area contributed by atoms with Crippen LogP contribution in [0.5, 0.6) is 0 Å². The third kappa shape index (κ3) is 5.97. The highest BCUT2D eigenvalue weighted by molar-refractivity contribution is 6.14. The van der Waals surface area contributed by atoms with Crippen molar-refractivity contribution in [1.29, 1.82) is 0 Å². The summed E-state index contributed by atoms with van der Waals surface area (Å²) in [5.41, 5.74) is 14.1. The van der Waals surface area contributed by atoms with Crippen molar-refractivity contribution in [3.8, 4) is 61.6 Å². The molecular weight excluding hydrogens is 667 g/mol. The van der Waals surface area contributed by atoms with Crippen molar-refractivity contribution in [3.05, 3.63) is 200 Å². The highest BCUT2D eigenvalue weighted by Crippen LogP contribution is 2.40. The van der Waals surface area contributed by atoms with Gasteiger partial charge in [-0.15, -0.1) is 0 Å². The molecule has 2 heterocycles. The number of para-hydroxylation sites is 2.